The van der Waals surface area contributed by atoms with Crippen LogP contribution in [0.2, 0.25) is 0 Å². The van der Waals surface area contributed by atoms with Crippen LogP contribution in [0.4, 0.5) is 0 Å². The summed E-state index contributed by atoms with van der Waals surface area (Å²) >= 11 is 0. The lowest BCUT2D eigenvalue weighted by molar-refractivity contribution is 0.0585. The van der Waals surface area contributed by atoms with Gasteiger partial charge in [-0.1, -0.05) is 0 Å². The highest BCUT2D eigenvalue weighted by atomic mass is 35.7. The van der Waals surface area contributed by atoms with E-state index in [9.17, 15) is 13.2 Å². The SMILES string of the molecule is COC(=O)c1cc(S(=O)(=O)Cl)c2n1CCN(C)C2. The van der Waals surface area contributed by atoms with Crippen molar-refractivity contribution in [2.24, 2.45) is 0 Å². The minimum absolute atomic E-state index is 0.0175. The smallest absolute Gasteiger partial charge is 0.354 e. The number of ether oxygens (including phenoxy) is 1. The van der Waals surface area contributed by atoms with Gasteiger partial charge in [-0.3, -0.25) is 4.90 Å². The molecule has 0 amide bonds. The van der Waals surface area contributed by atoms with Gasteiger partial charge in [0.15, 0.2) is 0 Å². The van der Waals surface area contributed by atoms with Crippen LogP contribution in [-0.2, 0) is 26.9 Å². The van der Waals surface area contributed by atoms with Crippen LogP contribution < -0.4 is 0 Å². The first-order valence-electron chi connectivity index (χ1n) is 5.28. The van der Waals surface area contributed by atoms with Gasteiger partial charge in [0.25, 0.3) is 9.05 Å². The Balaban J connectivity index is 2.63. The minimum atomic E-state index is -3.87. The van der Waals surface area contributed by atoms with Crippen molar-refractivity contribution in [3.63, 3.8) is 0 Å². The van der Waals surface area contributed by atoms with Gasteiger partial charge >= 0.3 is 5.97 Å². The highest BCUT2D eigenvalue weighted by Crippen LogP contribution is 2.28. The third-order valence-electron chi connectivity index (χ3n) is 2.95. The predicted molar refractivity (Wildman–Crippen MR) is 65.1 cm³/mol. The number of aromatic nitrogens is 1. The van der Waals surface area contributed by atoms with Crippen LogP contribution >= 0.6 is 10.7 Å². The van der Waals surface area contributed by atoms with Gasteiger partial charge in [0.1, 0.15) is 10.6 Å². The number of rotatable bonds is 2. The highest BCUT2D eigenvalue weighted by Gasteiger charge is 2.29. The van der Waals surface area contributed by atoms with E-state index in [1.807, 2.05) is 11.9 Å². The fourth-order valence-electron chi connectivity index (χ4n) is 2.07. The second-order valence-corrected chi connectivity index (χ2v) is 6.69. The Morgan fingerprint density at radius 3 is 2.67 bits per heavy atom. The Labute approximate surface area is 110 Å². The van der Waals surface area contributed by atoms with Gasteiger partial charge in [0.2, 0.25) is 0 Å². The van der Waals surface area contributed by atoms with Crippen molar-refractivity contribution in [2.75, 3.05) is 20.7 Å². The zero-order chi connectivity index (χ0) is 13.5. The number of carbonyl (C=O) groups is 1. The number of methoxy groups -OCH3 is 1. The summed E-state index contributed by atoms with van der Waals surface area (Å²) < 4.78 is 29.3. The third-order valence-corrected chi connectivity index (χ3v) is 4.33. The van der Waals surface area contributed by atoms with Crippen molar-refractivity contribution in [1.82, 2.24) is 9.47 Å². The van der Waals surface area contributed by atoms with Crippen LogP contribution in [0.3, 0.4) is 0 Å². The summed E-state index contributed by atoms with van der Waals surface area (Å²) in [6, 6.07) is 1.28. The first kappa shape index (κ1) is 13.4. The summed E-state index contributed by atoms with van der Waals surface area (Å²) in [7, 11) is 4.65. The Kier molecular flexibility index (Phi) is 3.39. The molecule has 1 aliphatic rings. The molecule has 0 saturated heterocycles. The lowest BCUT2D eigenvalue weighted by Gasteiger charge is -2.26. The standard InChI is InChI=1S/C10H13ClN2O4S/c1-12-3-4-13-7(10(14)17-2)5-9(8(13)6-12)18(11,15)16/h5H,3-4,6H2,1-2H3. The molecule has 1 aromatic rings. The maximum Gasteiger partial charge on any atom is 0.354 e. The maximum absolute atomic E-state index is 11.6. The molecule has 0 saturated carbocycles. The summed E-state index contributed by atoms with van der Waals surface area (Å²) in [6.45, 7) is 1.69. The average Bonchev–Trinajstić information content (AvgIpc) is 2.66. The zero-order valence-corrected chi connectivity index (χ0v) is 11.6. The Morgan fingerprint density at radius 2 is 2.11 bits per heavy atom. The summed E-state index contributed by atoms with van der Waals surface area (Å²) in [5, 5.41) is 0. The van der Waals surface area contributed by atoms with Crippen molar-refractivity contribution in [3.05, 3.63) is 17.5 Å². The number of fused-ring (bicyclic) bond motifs is 1. The molecule has 18 heavy (non-hydrogen) atoms. The summed E-state index contributed by atoms with van der Waals surface area (Å²) in [4.78, 5) is 13.6. The third kappa shape index (κ3) is 2.25. The van der Waals surface area contributed by atoms with Gasteiger partial charge in [-0.2, -0.15) is 0 Å². The van der Waals surface area contributed by atoms with Crippen molar-refractivity contribution >= 4 is 25.7 Å². The Morgan fingerprint density at radius 1 is 1.44 bits per heavy atom. The number of halogens is 1. The molecule has 8 heteroatoms. The molecule has 0 unspecified atom stereocenters. The largest absolute Gasteiger partial charge is 0.464 e. The molecule has 2 rings (SSSR count). The fourth-order valence-corrected chi connectivity index (χ4v) is 3.18. The average molecular weight is 293 g/mol. The molecule has 0 aliphatic carbocycles. The number of esters is 1. The molecule has 1 aliphatic heterocycles. The monoisotopic (exact) mass is 292 g/mol. The van der Waals surface area contributed by atoms with E-state index in [0.717, 1.165) is 6.54 Å². The van der Waals surface area contributed by atoms with Crippen LogP contribution in [0, 0.1) is 0 Å². The lowest BCUT2D eigenvalue weighted by atomic mass is 10.3. The van der Waals surface area contributed by atoms with E-state index >= 15 is 0 Å². The first-order valence-corrected chi connectivity index (χ1v) is 7.59. The Hall–Kier alpha value is -1.05. The summed E-state index contributed by atoms with van der Waals surface area (Å²) in [5.74, 6) is -0.563. The van der Waals surface area contributed by atoms with Crippen molar-refractivity contribution in [2.45, 2.75) is 18.0 Å². The topological polar surface area (TPSA) is 68.6 Å². The molecular formula is C10H13ClN2O4S. The van der Waals surface area contributed by atoms with E-state index in [-0.39, 0.29) is 10.6 Å². The van der Waals surface area contributed by atoms with E-state index in [1.54, 1.807) is 4.57 Å². The van der Waals surface area contributed by atoms with E-state index in [4.69, 9.17) is 10.7 Å². The van der Waals surface area contributed by atoms with Crippen molar-refractivity contribution in [3.8, 4) is 0 Å². The minimum Gasteiger partial charge on any atom is -0.464 e. The molecule has 0 radical (unpaired) electrons. The molecule has 0 atom stereocenters. The number of likely N-dealkylation sites (N-methyl/N-ethyl adjacent to an activating group) is 1. The zero-order valence-electron chi connectivity index (χ0n) is 10.0. The van der Waals surface area contributed by atoms with Gasteiger partial charge in [0.05, 0.1) is 12.8 Å². The van der Waals surface area contributed by atoms with Gasteiger partial charge in [-0.25, -0.2) is 13.2 Å². The normalized spacial score (nSPS) is 16.4. The van der Waals surface area contributed by atoms with Gasteiger partial charge in [-0.15, -0.1) is 0 Å². The molecule has 6 nitrogen and oxygen atoms in total. The van der Waals surface area contributed by atoms with Gasteiger partial charge < -0.3 is 9.30 Å². The van der Waals surface area contributed by atoms with Crippen molar-refractivity contribution in [1.29, 1.82) is 0 Å². The fraction of sp³-hybridized carbons (Fsp3) is 0.500. The molecule has 0 spiro atoms. The molecule has 100 valence electrons. The molecule has 0 fully saturated rings. The molecule has 0 N–H and O–H groups in total. The van der Waals surface area contributed by atoms with E-state index in [2.05, 4.69) is 4.74 Å². The predicted octanol–water partition coefficient (Wildman–Crippen LogP) is 0.648. The maximum atomic E-state index is 11.6. The van der Waals surface area contributed by atoms with Crippen LogP contribution in [0.1, 0.15) is 16.2 Å². The molecule has 1 aromatic heterocycles. The van der Waals surface area contributed by atoms with Crippen LogP contribution in [-0.4, -0.2) is 44.6 Å². The van der Waals surface area contributed by atoms with Crippen LogP contribution in [0.15, 0.2) is 11.0 Å². The van der Waals surface area contributed by atoms with Crippen molar-refractivity contribution < 1.29 is 17.9 Å². The first-order chi connectivity index (χ1) is 8.34. The Bertz CT molecular complexity index is 593. The van der Waals surface area contributed by atoms with Gasteiger partial charge in [-0.05, 0) is 13.1 Å². The quantitative estimate of drug-likeness (QED) is 0.591. The summed E-state index contributed by atoms with van der Waals surface area (Å²) in [5.41, 5.74) is 0.749. The second kappa shape index (κ2) is 4.56. The molecule has 2 heterocycles. The van der Waals surface area contributed by atoms with Crippen LogP contribution in [0.25, 0.3) is 0 Å². The van der Waals surface area contributed by atoms with E-state index < -0.39 is 15.0 Å². The highest BCUT2D eigenvalue weighted by molar-refractivity contribution is 8.13. The van der Waals surface area contributed by atoms with E-state index in [0.29, 0.717) is 18.8 Å². The number of nitrogens with zero attached hydrogens (tertiary/aromatic N) is 2. The second-order valence-electron chi connectivity index (χ2n) is 4.16. The molecule has 0 aromatic carbocycles. The van der Waals surface area contributed by atoms with Gasteiger partial charge in [0, 0.05) is 30.3 Å². The number of hydrogen-bond donors (Lipinski definition) is 0. The van der Waals surface area contributed by atoms with Crippen LogP contribution in [0.5, 0.6) is 0 Å². The molecule has 0 bridgehead atoms. The number of carbonyl (C=O) groups excluding carboxylic acids is 1. The molecular weight excluding hydrogens is 280 g/mol. The van der Waals surface area contributed by atoms with E-state index in [1.165, 1.54) is 13.2 Å². The number of hydrogen-bond acceptors (Lipinski definition) is 5. The summed E-state index contributed by atoms with van der Waals surface area (Å²) in [6.07, 6.45) is 0. The lowest BCUT2D eigenvalue weighted by Crippen LogP contribution is -2.32.